The molecule has 132 valence electrons. The summed E-state index contributed by atoms with van der Waals surface area (Å²) >= 11 is 1.61. The first kappa shape index (κ1) is 16.7. The summed E-state index contributed by atoms with van der Waals surface area (Å²) < 4.78 is 7.33. The normalized spacial score (nSPS) is 11.3. The van der Waals surface area contributed by atoms with Crippen molar-refractivity contribution < 1.29 is 4.42 Å². The number of aryl methyl sites for hydroxylation is 1. The summed E-state index contributed by atoms with van der Waals surface area (Å²) in [7, 11) is 0. The van der Waals surface area contributed by atoms with Crippen LogP contribution >= 0.6 is 11.8 Å². The molecule has 7 nitrogen and oxygen atoms in total. The maximum atomic E-state index is 5.47. The molecular weight excluding hydrogens is 348 g/mol. The zero-order chi connectivity index (χ0) is 17.8. The second kappa shape index (κ2) is 7.65. The van der Waals surface area contributed by atoms with E-state index in [9.17, 15) is 0 Å². The maximum absolute atomic E-state index is 5.47. The zero-order valence-electron chi connectivity index (χ0n) is 14.4. The van der Waals surface area contributed by atoms with Gasteiger partial charge in [-0.3, -0.25) is 0 Å². The number of furan rings is 1. The van der Waals surface area contributed by atoms with Gasteiger partial charge in [0.2, 0.25) is 0 Å². The van der Waals surface area contributed by atoms with Crippen molar-refractivity contribution in [3.63, 3.8) is 0 Å². The van der Waals surface area contributed by atoms with Crippen LogP contribution in [0.3, 0.4) is 0 Å². The first-order chi connectivity index (χ1) is 12.8. The fourth-order valence-electron chi connectivity index (χ4n) is 2.61. The summed E-state index contributed by atoms with van der Waals surface area (Å²) in [6, 6.07) is 11.7. The van der Waals surface area contributed by atoms with Crippen LogP contribution in [0.15, 0.2) is 52.1 Å². The molecule has 8 heteroatoms. The Labute approximate surface area is 154 Å². The Morgan fingerprint density at radius 2 is 2.04 bits per heavy atom. The molecule has 4 rings (SSSR count). The molecule has 0 saturated carbocycles. The van der Waals surface area contributed by atoms with Crippen molar-refractivity contribution in [2.75, 3.05) is 0 Å². The molecule has 3 heterocycles. The molecule has 3 aromatic heterocycles. The van der Waals surface area contributed by atoms with Crippen LogP contribution in [0.2, 0.25) is 0 Å². The third-order valence-electron chi connectivity index (χ3n) is 3.98. The molecular formula is C18H18N6OS. The van der Waals surface area contributed by atoms with Gasteiger partial charge in [0.15, 0.2) is 17.4 Å². The predicted molar refractivity (Wildman–Crippen MR) is 99.5 cm³/mol. The van der Waals surface area contributed by atoms with Crippen LogP contribution in [0.5, 0.6) is 0 Å². The van der Waals surface area contributed by atoms with Gasteiger partial charge in [-0.1, -0.05) is 43.3 Å². The van der Waals surface area contributed by atoms with Gasteiger partial charge >= 0.3 is 0 Å². The number of rotatable bonds is 7. The summed E-state index contributed by atoms with van der Waals surface area (Å²) in [6.45, 7) is 2.99. The van der Waals surface area contributed by atoms with E-state index in [-0.39, 0.29) is 0 Å². The Balaban J connectivity index is 1.64. The molecule has 0 aliphatic rings. The van der Waals surface area contributed by atoms with Crippen molar-refractivity contribution >= 4 is 22.7 Å². The fraction of sp³-hybridized carbons (Fsp3) is 0.278. The number of fused-ring (bicyclic) bond motifs is 1. The second-order valence-corrected chi connectivity index (χ2v) is 6.77. The van der Waals surface area contributed by atoms with Crippen LogP contribution in [0, 0.1) is 0 Å². The van der Waals surface area contributed by atoms with E-state index in [2.05, 4.69) is 27.4 Å². The van der Waals surface area contributed by atoms with E-state index < -0.39 is 0 Å². The number of nitrogens with zero attached hydrogens (tertiary/aromatic N) is 6. The third kappa shape index (κ3) is 3.45. The lowest BCUT2D eigenvalue weighted by Gasteiger charge is -2.07. The lowest BCUT2D eigenvalue weighted by molar-refractivity contribution is 0.540. The molecule has 0 saturated heterocycles. The third-order valence-corrected chi connectivity index (χ3v) is 4.96. The van der Waals surface area contributed by atoms with Gasteiger partial charge in [-0.25, -0.2) is 14.6 Å². The molecule has 0 fully saturated rings. The maximum Gasteiger partial charge on any atom is 0.197 e. The highest BCUT2D eigenvalue weighted by Gasteiger charge is 2.13. The van der Waals surface area contributed by atoms with Gasteiger partial charge in [-0.15, -0.1) is 5.10 Å². The molecule has 26 heavy (non-hydrogen) atoms. The van der Waals surface area contributed by atoms with E-state index in [1.165, 1.54) is 0 Å². The lowest BCUT2D eigenvalue weighted by Crippen LogP contribution is -2.05. The van der Waals surface area contributed by atoms with Crippen molar-refractivity contribution in [2.24, 2.45) is 0 Å². The summed E-state index contributed by atoms with van der Waals surface area (Å²) in [5.41, 5.74) is 0.891. The van der Waals surface area contributed by atoms with Gasteiger partial charge in [0, 0.05) is 11.9 Å². The molecule has 0 aliphatic carbocycles. The van der Waals surface area contributed by atoms with Crippen LogP contribution in [0.25, 0.3) is 22.5 Å². The summed E-state index contributed by atoms with van der Waals surface area (Å²) in [4.78, 5) is 9.33. The average molecular weight is 366 g/mol. The largest absolute Gasteiger partial charge is 0.461 e. The number of unbranched alkanes of at least 4 members (excludes halogenated alkanes) is 1. The predicted octanol–water partition coefficient (Wildman–Crippen LogP) is 3.97. The number of tetrazole rings is 1. The highest BCUT2D eigenvalue weighted by atomic mass is 32.2. The fourth-order valence-corrected chi connectivity index (χ4v) is 3.57. The molecule has 0 amide bonds. The molecule has 1 aromatic carbocycles. The Kier molecular flexibility index (Phi) is 4.92. The van der Waals surface area contributed by atoms with Crippen molar-refractivity contribution in [1.29, 1.82) is 0 Å². The van der Waals surface area contributed by atoms with Crippen LogP contribution < -0.4 is 0 Å². The average Bonchev–Trinajstić information content (AvgIpc) is 3.36. The minimum absolute atomic E-state index is 0.585. The van der Waals surface area contributed by atoms with Crippen LogP contribution in [0.1, 0.15) is 25.6 Å². The standard InChI is InChI=1S/C18H18N6OS/c1-2-3-10-24-16(21-22-23-24)12-26-18-13-7-4-5-8-14(13)19-17(20-18)15-9-6-11-25-15/h4-9,11H,2-3,10,12H2,1H3. The molecule has 0 aliphatic heterocycles. The smallest absolute Gasteiger partial charge is 0.197 e. The molecule has 0 N–H and O–H groups in total. The van der Waals surface area contributed by atoms with Gasteiger partial charge < -0.3 is 4.42 Å². The van der Waals surface area contributed by atoms with Gasteiger partial charge in [0.25, 0.3) is 0 Å². The monoisotopic (exact) mass is 366 g/mol. The Hall–Kier alpha value is -2.74. The van der Waals surface area contributed by atoms with E-state index in [1.54, 1.807) is 18.0 Å². The van der Waals surface area contributed by atoms with E-state index in [4.69, 9.17) is 9.40 Å². The molecule has 0 unspecified atom stereocenters. The van der Waals surface area contributed by atoms with Gasteiger partial charge in [-0.2, -0.15) is 0 Å². The first-order valence-electron chi connectivity index (χ1n) is 8.53. The van der Waals surface area contributed by atoms with Crippen molar-refractivity contribution in [3.05, 3.63) is 48.5 Å². The Bertz CT molecular complexity index is 998. The molecule has 0 bridgehead atoms. The second-order valence-electron chi connectivity index (χ2n) is 5.81. The van der Waals surface area contributed by atoms with Gasteiger partial charge in [0.05, 0.1) is 17.5 Å². The summed E-state index contributed by atoms with van der Waals surface area (Å²) in [6.07, 6.45) is 3.79. The van der Waals surface area contributed by atoms with Crippen LogP contribution in [-0.2, 0) is 12.3 Å². The molecule has 4 aromatic rings. The topological polar surface area (TPSA) is 82.5 Å². The van der Waals surface area contributed by atoms with E-state index in [0.29, 0.717) is 17.3 Å². The van der Waals surface area contributed by atoms with Gasteiger partial charge in [-0.05, 0) is 35.0 Å². The quantitative estimate of drug-likeness (QED) is 0.361. The number of thioether (sulfide) groups is 1. The molecule has 0 atom stereocenters. The SMILES string of the molecule is CCCCn1nnnc1CSc1nc(-c2ccco2)nc2ccccc12. The van der Waals surface area contributed by atoms with Crippen molar-refractivity contribution in [1.82, 2.24) is 30.2 Å². The number of benzene rings is 1. The zero-order valence-corrected chi connectivity index (χ0v) is 15.2. The lowest BCUT2D eigenvalue weighted by atomic mass is 10.2. The van der Waals surface area contributed by atoms with Gasteiger partial charge in [0.1, 0.15) is 5.03 Å². The molecule has 0 spiro atoms. The van der Waals surface area contributed by atoms with Crippen LogP contribution in [-0.4, -0.2) is 30.2 Å². The van der Waals surface area contributed by atoms with E-state index in [0.717, 1.165) is 41.1 Å². The van der Waals surface area contributed by atoms with E-state index >= 15 is 0 Å². The minimum atomic E-state index is 0.585. The number of hydrogen-bond acceptors (Lipinski definition) is 7. The Morgan fingerprint density at radius 1 is 1.12 bits per heavy atom. The first-order valence-corrected chi connectivity index (χ1v) is 9.52. The highest BCUT2D eigenvalue weighted by molar-refractivity contribution is 7.98. The number of hydrogen-bond donors (Lipinski definition) is 0. The Morgan fingerprint density at radius 3 is 2.88 bits per heavy atom. The summed E-state index contributed by atoms with van der Waals surface area (Å²) in [5, 5.41) is 14.0. The number of aromatic nitrogens is 6. The highest BCUT2D eigenvalue weighted by Crippen LogP contribution is 2.30. The summed E-state index contributed by atoms with van der Waals surface area (Å²) in [5.74, 6) is 2.74. The molecule has 0 radical (unpaired) electrons. The van der Waals surface area contributed by atoms with E-state index in [1.807, 2.05) is 41.1 Å². The van der Waals surface area contributed by atoms with Crippen molar-refractivity contribution in [3.8, 4) is 11.6 Å². The van der Waals surface area contributed by atoms with Crippen LogP contribution in [0.4, 0.5) is 0 Å². The minimum Gasteiger partial charge on any atom is -0.461 e. The van der Waals surface area contributed by atoms with Crippen molar-refractivity contribution in [2.45, 2.75) is 37.1 Å². The number of para-hydroxylation sites is 1.